The molecular weight excluding hydrogens is 368 g/mol. The molecule has 0 amide bonds. The van der Waals surface area contributed by atoms with Crippen molar-refractivity contribution in [1.82, 2.24) is 0 Å². The molecule has 0 bridgehead atoms. The molecule has 0 spiro atoms. The van der Waals surface area contributed by atoms with Gasteiger partial charge in [0, 0.05) is 18.1 Å². The molecule has 3 aromatic carbocycles. The topological polar surface area (TPSA) is 76.0 Å². The molecule has 0 aliphatic heterocycles. The van der Waals surface area contributed by atoms with E-state index in [1.165, 1.54) is 0 Å². The zero-order valence-corrected chi connectivity index (χ0v) is 16.9. The van der Waals surface area contributed by atoms with Gasteiger partial charge in [0.2, 0.25) is 0 Å². The van der Waals surface area contributed by atoms with Crippen molar-refractivity contribution in [3.63, 3.8) is 0 Å². The van der Waals surface area contributed by atoms with E-state index >= 15 is 0 Å². The standard InChI is InChI=1S/C24H24O5/c1-14-7-5-6-8-18(14)22-15(2)23(26)24(27)20(13-25)19(22)11-16-9-10-17(28-3)12-21(16)29-4/h5-10,12-13,26-27H,11H2,1-4H3. The van der Waals surface area contributed by atoms with Gasteiger partial charge in [-0.15, -0.1) is 0 Å². The fraction of sp³-hybridized carbons (Fsp3) is 0.208. The Morgan fingerprint density at radius 1 is 0.966 bits per heavy atom. The van der Waals surface area contributed by atoms with Crippen LogP contribution in [0.2, 0.25) is 0 Å². The van der Waals surface area contributed by atoms with Gasteiger partial charge in [-0.05, 0) is 47.7 Å². The number of benzene rings is 3. The van der Waals surface area contributed by atoms with Crippen molar-refractivity contribution in [2.45, 2.75) is 20.3 Å². The second kappa shape index (κ2) is 8.27. The van der Waals surface area contributed by atoms with Crippen LogP contribution in [0.5, 0.6) is 23.0 Å². The number of aryl methyl sites for hydroxylation is 1. The van der Waals surface area contributed by atoms with Crippen LogP contribution in [-0.2, 0) is 6.42 Å². The molecule has 0 radical (unpaired) electrons. The fourth-order valence-electron chi connectivity index (χ4n) is 3.64. The Labute approximate surface area is 170 Å². The minimum absolute atomic E-state index is 0.0734. The number of carbonyl (C=O) groups excluding carboxylic acids is 1. The molecular formula is C24H24O5. The monoisotopic (exact) mass is 392 g/mol. The number of methoxy groups -OCH3 is 2. The molecule has 0 fully saturated rings. The second-order valence-electron chi connectivity index (χ2n) is 6.88. The predicted octanol–water partition coefficient (Wildman–Crippen LogP) is 4.80. The number of phenolic OH excluding ortho intramolecular Hbond substituents is 2. The van der Waals surface area contributed by atoms with E-state index in [0.29, 0.717) is 35.3 Å². The largest absolute Gasteiger partial charge is 0.504 e. The van der Waals surface area contributed by atoms with Crippen LogP contribution in [0.25, 0.3) is 11.1 Å². The number of ether oxygens (including phenoxy) is 2. The van der Waals surface area contributed by atoms with E-state index in [4.69, 9.17) is 9.47 Å². The first-order chi connectivity index (χ1) is 13.9. The van der Waals surface area contributed by atoms with Crippen LogP contribution in [0.3, 0.4) is 0 Å². The first kappa shape index (κ1) is 20.3. The SMILES string of the molecule is COc1ccc(Cc2c(C=O)c(O)c(O)c(C)c2-c2ccccc2C)c(OC)c1. The number of aldehydes is 1. The van der Waals surface area contributed by atoms with Crippen LogP contribution in [0.4, 0.5) is 0 Å². The zero-order chi connectivity index (χ0) is 21.1. The summed E-state index contributed by atoms with van der Waals surface area (Å²) < 4.78 is 10.8. The van der Waals surface area contributed by atoms with Crippen molar-refractivity contribution in [2.75, 3.05) is 14.2 Å². The van der Waals surface area contributed by atoms with Crippen LogP contribution in [0, 0.1) is 13.8 Å². The van der Waals surface area contributed by atoms with Gasteiger partial charge in [-0.3, -0.25) is 4.79 Å². The summed E-state index contributed by atoms with van der Waals surface area (Å²) in [5.74, 6) is 0.584. The lowest BCUT2D eigenvalue weighted by atomic mass is 9.85. The third-order valence-electron chi connectivity index (χ3n) is 5.23. The van der Waals surface area contributed by atoms with Crippen molar-refractivity contribution in [1.29, 1.82) is 0 Å². The molecule has 0 aromatic heterocycles. The number of hydrogen-bond acceptors (Lipinski definition) is 5. The molecule has 2 N–H and O–H groups in total. The summed E-state index contributed by atoms with van der Waals surface area (Å²) in [6, 6.07) is 13.2. The lowest BCUT2D eigenvalue weighted by Gasteiger charge is -2.20. The summed E-state index contributed by atoms with van der Waals surface area (Å²) in [4.78, 5) is 11.9. The molecule has 0 unspecified atom stereocenters. The number of rotatable bonds is 6. The molecule has 3 rings (SSSR count). The Balaban J connectivity index is 2.31. The van der Waals surface area contributed by atoms with Gasteiger partial charge in [-0.1, -0.05) is 30.3 Å². The van der Waals surface area contributed by atoms with Gasteiger partial charge in [0.1, 0.15) is 11.5 Å². The van der Waals surface area contributed by atoms with Crippen molar-refractivity contribution in [3.8, 4) is 34.1 Å². The molecule has 0 saturated carbocycles. The van der Waals surface area contributed by atoms with Crippen LogP contribution in [-0.4, -0.2) is 30.7 Å². The number of hydrogen-bond donors (Lipinski definition) is 2. The molecule has 0 aliphatic rings. The summed E-state index contributed by atoms with van der Waals surface area (Å²) in [5.41, 5.74) is 4.68. The van der Waals surface area contributed by atoms with E-state index in [0.717, 1.165) is 22.3 Å². The molecule has 5 heteroatoms. The second-order valence-corrected chi connectivity index (χ2v) is 6.88. The molecule has 0 heterocycles. The fourth-order valence-corrected chi connectivity index (χ4v) is 3.64. The highest BCUT2D eigenvalue weighted by Gasteiger charge is 2.24. The predicted molar refractivity (Wildman–Crippen MR) is 112 cm³/mol. The van der Waals surface area contributed by atoms with Crippen molar-refractivity contribution in [2.24, 2.45) is 0 Å². The maximum Gasteiger partial charge on any atom is 0.168 e. The quantitative estimate of drug-likeness (QED) is 0.465. The first-order valence-corrected chi connectivity index (χ1v) is 9.22. The van der Waals surface area contributed by atoms with E-state index in [1.54, 1.807) is 27.2 Å². The Kier molecular flexibility index (Phi) is 5.78. The van der Waals surface area contributed by atoms with Gasteiger partial charge in [-0.2, -0.15) is 0 Å². The molecule has 0 aliphatic carbocycles. The smallest absolute Gasteiger partial charge is 0.168 e. The minimum atomic E-state index is -0.405. The van der Waals surface area contributed by atoms with Gasteiger partial charge < -0.3 is 19.7 Å². The summed E-state index contributed by atoms with van der Waals surface area (Å²) >= 11 is 0. The highest BCUT2D eigenvalue weighted by atomic mass is 16.5. The highest BCUT2D eigenvalue weighted by Crippen LogP contribution is 2.44. The number of aromatic hydroxyl groups is 2. The Bertz CT molecular complexity index is 1070. The van der Waals surface area contributed by atoms with Crippen LogP contribution >= 0.6 is 0 Å². The lowest BCUT2D eigenvalue weighted by molar-refractivity contribution is 0.111. The summed E-state index contributed by atoms with van der Waals surface area (Å²) in [7, 11) is 3.15. The summed E-state index contributed by atoms with van der Waals surface area (Å²) in [6.07, 6.45) is 0.918. The van der Waals surface area contributed by atoms with Crippen LogP contribution < -0.4 is 9.47 Å². The molecule has 0 saturated heterocycles. The maximum atomic E-state index is 11.9. The average molecular weight is 392 g/mol. The molecule has 29 heavy (non-hydrogen) atoms. The molecule has 0 atom stereocenters. The van der Waals surface area contributed by atoms with E-state index in [-0.39, 0.29) is 11.3 Å². The Morgan fingerprint density at radius 2 is 1.69 bits per heavy atom. The lowest BCUT2D eigenvalue weighted by Crippen LogP contribution is -2.04. The van der Waals surface area contributed by atoms with Crippen molar-refractivity contribution in [3.05, 3.63) is 70.3 Å². The van der Waals surface area contributed by atoms with E-state index in [2.05, 4.69) is 0 Å². The van der Waals surface area contributed by atoms with E-state index < -0.39 is 5.75 Å². The Hall–Kier alpha value is -3.47. The third kappa shape index (κ3) is 3.63. The van der Waals surface area contributed by atoms with Gasteiger partial charge >= 0.3 is 0 Å². The van der Waals surface area contributed by atoms with E-state index in [9.17, 15) is 15.0 Å². The molecule has 3 aromatic rings. The zero-order valence-electron chi connectivity index (χ0n) is 16.9. The van der Waals surface area contributed by atoms with Gasteiger partial charge in [0.05, 0.1) is 19.8 Å². The van der Waals surface area contributed by atoms with Crippen LogP contribution in [0.1, 0.15) is 32.6 Å². The third-order valence-corrected chi connectivity index (χ3v) is 5.23. The molecule has 5 nitrogen and oxygen atoms in total. The number of carbonyl (C=O) groups is 1. The minimum Gasteiger partial charge on any atom is -0.504 e. The average Bonchev–Trinajstić information content (AvgIpc) is 2.74. The normalized spacial score (nSPS) is 10.6. The van der Waals surface area contributed by atoms with Gasteiger partial charge in [0.25, 0.3) is 0 Å². The van der Waals surface area contributed by atoms with Crippen LogP contribution in [0.15, 0.2) is 42.5 Å². The Morgan fingerprint density at radius 3 is 2.31 bits per heavy atom. The van der Waals surface area contributed by atoms with Gasteiger partial charge in [-0.25, -0.2) is 0 Å². The highest BCUT2D eigenvalue weighted by molar-refractivity contribution is 5.91. The number of phenols is 2. The summed E-state index contributed by atoms with van der Waals surface area (Å²) in [6.45, 7) is 3.71. The maximum absolute atomic E-state index is 11.9. The van der Waals surface area contributed by atoms with E-state index in [1.807, 2.05) is 43.3 Å². The molecule has 150 valence electrons. The van der Waals surface area contributed by atoms with Crippen molar-refractivity contribution >= 4 is 6.29 Å². The van der Waals surface area contributed by atoms with Crippen molar-refractivity contribution < 1.29 is 24.5 Å². The first-order valence-electron chi connectivity index (χ1n) is 9.22. The summed E-state index contributed by atoms with van der Waals surface area (Å²) in [5, 5.41) is 20.9. The van der Waals surface area contributed by atoms with Gasteiger partial charge in [0.15, 0.2) is 17.8 Å².